The molecule has 0 amide bonds. The van der Waals surface area contributed by atoms with Crippen molar-refractivity contribution in [3.05, 3.63) is 23.0 Å². The van der Waals surface area contributed by atoms with E-state index in [0.717, 1.165) is 18.9 Å². The Morgan fingerprint density at radius 2 is 1.88 bits per heavy atom. The molecule has 6 nitrogen and oxygen atoms in total. The Morgan fingerprint density at radius 1 is 1.25 bits per heavy atom. The molecule has 2 aromatic heterocycles. The number of carbonyl (C=O) groups is 1. The molecule has 0 aromatic carbocycles. The SMILES string of the molecule is CCOC(=O)c1cc2nc(Cl)cc(N(CC(C)C)CC(C)C)n2n1. The van der Waals surface area contributed by atoms with E-state index in [4.69, 9.17) is 16.3 Å². The van der Waals surface area contributed by atoms with Gasteiger partial charge in [0.15, 0.2) is 11.3 Å². The smallest absolute Gasteiger partial charge is 0.358 e. The van der Waals surface area contributed by atoms with Crippen LogP contribution in [-0.4, -0.2) is 40.3 Å². The molecule has 0 N–H and O–H groups in total. The van der Waals surface area contributed by atoms with E-state index in [1.165, 1.54) is 0 Å². The highest BCUT2D eigenvalue weighted by molar-refractivity contribution is 6.29. The lowest BCUT2D eigenvalue weighted by Gasteiger charge is -2.28. The Bertz CT molecular complexity index is 702. The van der Waals surface area contributed by atoms with E-state index < -0.39 is 5.97 Å². The minimum absolute atomic E-state index is 0.238. The Labute approximate surface area is 147 Å². The largest absolute Gasteiger partial charge is 0.461 e. The molecule has 0 spiro atoms. The number of nitrogens with zero attached hydrogens (tertiary/aromatic N) is 4. The van der Waals surface area contributed by atoms with Gasteiger partial charge in [-0.05, 0) is 18.8 Å². The average Bonchev–Trinajstić information content (AvgIpc) is 2.88. The first kappa shape index (κ1) is 18.5. The molecular formula is C17H25ClN4O2. The number of hydrogen-bond donors (Lipinski definition) is 0. The summed E-state index contributed by atoms with van der Waals surface area (Å²) in [4.78, 5) is 18.5. The fourth-order valence-corrected chi connectivity index (χ4v) is 2.79. The summed E-state index contributed by atoms with van der Waals surface area (Å²) in [6.45, 7) is 12.5. The van der Waals surface area contributed by atoms with Crippen molar-refractivity contribution in [3.8, 4) is 0 Å². The fourth-order valence-electron chi connectivity index (χ4n) is 2.60. The summed E-state index contributed by atoms with van der Waals surface area (Å²) in [5.74, 6) is 1.34. The van der Waals surface area contributed by atoms with E-state index >= 15 is 0 Å². The monoisotopic (exact) mass is 352 g/mol. The third kappa shape index (κ3) is 4.38. The molecule has 24 heavy (non-hydrogen) atoms. The molecule has 2 rings (SSSR count). The molecule has 0 fully saturated rings. The Kier molecular flexibility index (Phi) is 6.04. The number of hydrogen-bond acceptors (Lipinski definition) is 5. The van der Waals surface area contributed by atoms with Crippen LogP contribution >= 0.6 is 11.6 Å². The normalized spacial score (nSPS) is 11.5. The number of aromatic nitrogens is 3. The minimum Gasteiger partial charge on any atom is -0.461 e. The van der Waals surface area contributed by atoms with Gasteiger partial charge in [0, 0.05) is 25.2 Å². The summed E-state index contributed by atoms with van der Waals surface area (Å²) in [6.07, 6.45) is 0. The molecule has 0 bridgehead atoms. The van der Waals surface area contributed by atoms with Crippen LogP contribution in [0.1, 0.15) is 45.1 Å². The van der Waals surface area contributed by atoms with Crippen molar-refractivity contribution in [1.29, 1.82) is 0 Å². The molecule has 0 saturated carbocycles. The maximum atomic E-state index is 12.0. The fraction of sp³-hybridized carbons (Fsp3) is 0.588. The van der Waals surface area contributed by atoms with Crippen molar-refractivity contribution in [3.63, 3.8) is 0 Å². The van der Waals surface area contributed by atoms with Gasteiger partial charge in [0.25, 0.3) is 0 Å². The zero-order chi connectivity index (χ0) is 17.9. The summed E-state index contributed by atoms with van der Waals surface area (Å²) >= 11 is 6.20. The van der Waals surface area contributed by atoms with Gasteiger partial charge in [-0.2, -0.15) is 9.61 Å². The van der Waals surface area contributed by atoms with E-state index in [-0.39, 0.29) is 5.69 Å². The standard InChI is InChI=1S/C17H25ClN4O2/c1-6-24-17(23)13-7-15-19-14(18)8-16(22(15)20-13)21(9-11(2)3)10-12(4)5/h7-8,11-12H,6,9-10H2,1-5H3. The van der Waals surface area contributed by atoms with Crippen LogP contribution in [-0.2, 0) is 4.74 Å². The van der Waals surface area contributed by atoms with Gasteiger partial charge in [0.2, 0.25) is 0 Å². The maximum absolute atomic E-state index is 12.0. The summed E-state index contributed by atoms with van der Waals surface area (Å²) in [5.41, 5.74) is 0.778. The van der Waals surface area contributed by atoms with Crippen LogP contribution in [0.25, 0.3) is 5.65 Å². The Balaban J connectivity index is 2.51. The van der Waals surface area contributed by atoms with E-state index in [9.17, 15) is 4.79 Å². The van der Waals surface area contributed by atoms with Crippen molar-refractivity contribution >= 4 is 29.0 Å². The summed E-state index contributed by atoms with van der Waals surface area (Å²) < 4.78 is 6.70. The van der Waals surface area contributed by atoms with E-state index in [0.29, 0.717) is 29.2 Å². The van der Waals surface area contributed by atoms with Crippen LogP contribution in [0.15, 0.2) is 12.1 Å². The molecule has 0 saturated heterocycles. The number of rotatable bonds is 7. The summed E-state index contributed by atoms with van der Waals surface area (Å²) in [6, 6.07) is 3.40. The number of fused-ring (bicyclic) bond motifs is 1. The molecule has 0 aliphatic rings. The third-order valence-corrected chi connectivity index (χ3v) is 3.55. The number of esters is 1. The van der Waals surface area contributed by atoms with Gasteiger partial charge in [0.05, 0.1) is 6.61 Å². The van der Waals surface area contributed by atoms with Gasteiger partial charge in [-0.15, -0.1) is 0 Å². The van der Waals surface area contributed by atoms with Gasteiger partial charge in [0.1, 0.15) is 11.0 Å². The number of anilines is 1. The molecule has 0 radical (unpaired) electrons. The van der Waals surface area contributed by atoms with Crippen molar-refractivity contribution in [2.75, 3.05) is 24.6 Å². The van der Waals surface area contributed by atoms with Crippen molar-refractivity contribution < 1.29 is 9.53 Å². The van der Waals surface area contributed by atoms with Crippen LogP contribution in [0.4, 0.5) is 5.82 Å². The molecule has 132 valence electrons. The first-order valence-corrected chi connectivity index (χ1v) is 8.68. The topological polar surface area (TPSA) is 59.7 Å². The summed E-state index contributed by atoms with van der Waals surface area (Å²) in [5, 5.41) is 4.77. The van der Waals surface area contributed by atoms with E-state index in [2.05, 4.69) is 42.7 Å². The van der Waals surface area contributed by atoms with Gasteiger partial charge in [-0.3, -0.25) is 0 Å². The Hall–Kier alpha value is -1.82. The highest BCUT2D eigenvalue weighted by Crippen LogP contribution is 2.23. The second-order valence-electron chi connectivity index (χ2n) is 6.65. The zero-order valence-corrected chi connectivity index (χ0v) is 15.7. The van der Waals surface area contributed by atoms with E-state index in [1.807, 2.05) is 0 Å². The van der Waals surface area contributed by atoms with Crippen LogP contribution in [0, 0.1) is 11.8 Å². The number of halogens is 1. The highest BCUT2D eigenvalue weighted by atomic mass is 35.5. The first-order chi connectivity index (χ1) is 11.3. The lowest BCUT2D eigenvalue weighted by Crippen LogP contribution is -2.33. The minimum atomic E-state index is -0.454. The molecular weight excluding hydrogens is 328 g/mol. The van der Waals surface area contributed by atoms with Crippen molar-refractivity contribution in [2.24, 2.45) is 11.8 Å². The van der Waals surface area contributed by atoms with Gasteiger partial charge in [-0.1, -0.05) is 39.3 Å². The van der Waals surface area contributed by atoms with Crippen molar-refractivity contribution in [2.45, 2.75) is 34.6 Å². The third-order valence-electron chi connectivity index (χ3n) is 3.36. The van der Waals surface area contributed by atoms with Crippen LogP contribution < -0.4 is 4.90 Å². The molecule has 0 unspecified atom stereocenters. The van der Waals surface area contributed by atoms with Crippen LogP contribution in [0.5, 0.6) is 0 Å². The Morgan fingerprint density at radius 3 is 2.42 bits per heavy atom. The lowest BCUT2D eigenvalue weighted by atomic mass is 10.1. The molecule has 0 atom stereocenters. The predicted octanol–water partition coefficient (Wildman–Crippen LogP) is 3.68. The van der Waals surface area contributed by atoms with Crippen molar-refractivity contribution in [1.82, 2.24) is 14.6 Å². The van der Waals surface area contributed by atoms with Gasteiger partial charge in [-0.25, -0.2) is 9.78 Å². The zero-order valence-electron chi connectivity index (χ0n) is 14.9. The first-order valence-electron chi connectivity index (χ1n) is 8.30. The maximum Gasteiger partial charge on any atom is 0.358 e. The average molecular weight is 353 g/mol. The van der Waals surface area contributed by atoms with E-state index in [1.54, 1.807) is 23.6 Å². The quantitative estimate of drug-likeness (QED) is 0.562. The van der Waals surface area contributed by atoms with Crippen LogP contribution in [0.3, 0.4) is 0 Å². The molecule has 0 aliphatic heterocycles. The van der Waals surface area contributed by atoms with Crippen LogP contribution in [0.2, 0.25) is 5.15 Å². The second-order valence-corrected chi connectivity index (χ2v) is 7.04. The van der Waals surface area contributed by atoms with Gasteiger partial charge < -0.3 is 9.64 Å². The number of ether oxygens (including phenoxy) is 1. The molecule has 2 aromatic rings. The van der Waals surface area contributed by atoms with Gasteiger partial charge >= 0.3 is 5.97 Å². The second kappa shape index (κ2) is 7.83. The summed E-state index contributed by atoms with van der Waals surface area (Å²) in [7, 11) is 0. The predicted molar refractivity (Wildman–Crippen MR) is 95.8 cm³/mol. The molecule has 7 heteroatoms. The number of carbonyl (C=O) groups excluding carboxylic acids is 1. The lowest BCUT2D eigenvalue weighted by molar-refractivity contribution is 0.0519. The molecule has 0 aliphatic carbocycles. The molecule has 2 heterocycles. The highest BCUT2D eigenvalue weighted by Gasteiger charge is 2.19.